The van der Waals surface area contributed by atoms with Crippen molar-refractivity contribution in [3.8, 4) is 0 Å². The van der Waals surface area contributed by atoms with Gasteiger partial charge >= 0.3 is 5.97 Å². The highest BCUT2D eigenvalue weighted by atomic mass is 16.5. The number of carbonyl (C=O) groups excluding carboxylic acids is 2. The number of amides is 1. The third-order valence-electron chi connectivity index (χ3n) is 3.24. The predicted octanol–water partition coefficient (Wildman–Crippen LogP) is 3.65. The summed E-state index contributed by atoms with van der Waals surface area (Å²) in [5.74, 6) is -0.975. The fourth-order valence-electron chi connectivity index (χ4n) is 2.25. The van der Waals surface area contributed by atoms with Crippen LogP contribution in [0, 0.1) is 20.4 Å². The van der Waals surface area contributed by atoms with Gasteiger partial charge in [-0.25, -0.2) is 9.64 Å². The standard InChI is InChI=1S/C18H16N2O3/c1-12-9-15(19-3)10-13(2)17(12)18(22)23-11-16(21)20-14-7-5-4-6-8-14/h4-10H,11H2,1-2H3,(H,20,21). The Morgan fingerprint density at radius 2 is 1.74 bits per heavy atom. The Labute approximate surface area is 134 Å². The minimum atomic E-state index is -0.570. The van der Waals surface area contributed by atoms with Crippen LogP contribution in [0.25, 0.3) is 4.85 Å². The summed E-state index contributed by atoms with van der Waals surface area (Å²) in [7, 11) is 0. The molecule has 0 aliphatic heterocycles. The van der Waals surface area contributed by atoms with Crippen molar-refractivity contribution < 1.29 is 14.3 Å². The minimum absolute atomic E-state index is 0.364. The normalized spacial score (nSPS) is 9.78. The molecule has 0 aromatic heterocycles. The molecule has 1 amide bonds. The Morgan fingerprint density at radius 1 is 1.13 bits per heavy atom. The van der Waals surface area contributed by atoms with Crippen molar-refractivity contribution >= 4 is 23.3 Å². The molecule has 2 aromatic carbocycles. The summed E-state index contributed by atoms with van der Waals surface area (Å²) < 4.78 is 5.07. The molecular formula is C18H16N2O3. The average molecular weight is 308 g/mol. The largest absolute Gasteiger partial charge is 0.452 e. The summed E-state index contributed by atoms with van der Waals surface area (Å²) in [5, 5.41) is 2.64. The van der Waals surface area contributed by atoms with E-state index in [9.17, 15) is 9.59 Å². The second-order valence-corrected chi connectivity index (χ2v) is 5.06. The van der Waals surface area contributed by atoms with Crippen LogP contribution in [0.2, 0.25) is 0 Å². The van der Waals surface area contributed by atoms with Crippen LogP contribution < -0.4 is 5.32 Å². The molecule has 5 nitrogen and oxygen atoms in total. The first kappa shape index (κ1) is 16.2. The molecular weight excluding hydrogens is 292 g/mol. The lowest BCUT2D eigenvalue weighted by Crippen LogP contribution is -2.21. The van der Waals surface area contributed by atoms with Crippen LogP contribution in [-0.2, 0) is 9.53 Å². The van der Waals surface area contributed by atoms with Crippen LogP contribution >= 0.6 is 0 Å². The van der Waals surface area contributed by atoms with Crippen molar-refractivity contribution in [3.05, 3.63) is 70.6 Å². The number of hydrogen-bond donors (Lipinski definition) is 1. The number of anilines is 1. The van der Waals surface area contributed by atoms with Gasteiger partial charge < -0.3 is 10.1 Å². The van der Waals surface area contributed by atoms with E-state index in [4.69, 9.17) is 11.3 Å². The molecule has 116 valence electrons. The second kappa shape index (κ2) is 7.23. The van der Waals surface area contributed by atoms with Gasteiger partial charge in [-0.3, -0.25) is 4.79 Å². The Bertz CT molecular complexity index is 754. The number of para-hydroxylation sites is 1. The van der Waals surface area contributed by atoms with Gasteiger partial charge in [-0.1, -0.05) is 30.3 Å². The molecule has 0 radical (unpaired) electrons. The number of hydrogen-bond acceptors (Lipinski definition) is 3. The topological polar surface area (TPSA) is 59.8 Å². The molecule has 2 aromatic rings. The number of nitrogens with one attached hydrogen (secondary N) is 1. The highest BCUT2D eigenvalue weighted by molar-refractivity contribution is 5.97. The van der Waals surface area contributed by atoms with Crippen LogP contribution in [0.15, 0.2) is 42.5 Å². The SMILES string of the molecule is [C-]#[N+]c1cc(C)c(C(=O)OCC(=O)Nc2ccccc2)c(C)c1. The van der Waals surface area contributed by atoms with E-state index in [0.29, 0.717) is 28.1 Å². The number of benzene rings is 2. The van der Waals surface area contributed by atoms with E-state index in [-0.39, 0.29) is 6.61 Å². The number of rotatable bonds is 4. The molecule has 0 saturated carbocycles. The van der Waals surface area contributed by atoms with Crippen LogP contribution in [0.3, 0.4) is 0 Å². The highest BCUT2D eigenvalue weighted by Crippen LogP contribution is 2.23. The summed E-state index contributed by atoms with van der Waals surface area (Å²) in [6.45, 7) is 10.1. The molecule has 0 atom stereocenters. The predicted molar refractivity (Wildman–Crippen MR) is 87.5 cm³/mol. The molecule has 0 heterocycles. The molecule has 0 unspecified atom stereocenters. The van der Waals surface area contributed by atoms with Gasteiger partial charge in [-0.2, -0.15) is 0 Å². The van der Waals surface area contributed by atoms with Gasteiger partial charge in [0.15, 0.2) is 12.3 Å². The molecule has 0 saturated heterocycles. The number of esters is 1. The maximum atomic E-state index is 12.2. The molecule has 1 N–H and O–H groups in total. The van der Waals surface area contributed by atoms with Crippen molar-refractivity contribution in [1.29, 1.82) is 0 Å². The first-order chi connectivity index (χ1) is 11.0. The molecule has 0 aliphatic carbocycles. The smallest absolute Gasteiger partial charge is 0.339 e. The zero-order chi connectivity index (χ0) is 16.8. The van der Waals surface area contributed by atoms with E-state index in [0.717, 1.165) is 0 Å². The quantitative estimate of drug-likeness (QED) is 0.693. The Morgan fingerprint density at radius 3 is 2.30 bits per heavy atom. The third kappa shape index (κ3) is 4.17. The van der Waals surface area contributed by atoms with Crippen molar-refractivity contribution in [2.45, 2.75) is 13.8 Å². The average Bonchev–Trinajstić information content (AvgIpc) is 2.53. The molecule has 0 bridgehead atoms. The molecule has 5 heteroatoms. The summed E-state index contributed by atoms with van der Waals surface area (Å²) in [6, 6.07) is 12.2. The van der Waals surface area contributed by atoms with E-state index in [1.165, 1.54) is 0 Å². The van der Waals surface area contributed by atoms with Crippen LogP contribution in [0.1, 0.15) is 21.5 Å². The zero-order valence-corrected chi connectivity index (χ0v) is 12.9. The van der Waals surface area contributed by atoms with Crippen molar-refractivity contribution in [1.82, 2.24) is 0 Å². The lowest BCUT2D eigenvalue weighted by Gasteiger charge is -2.11. The monoisotopic (exact) mass is 308 g/mol. The van der Waals surface area contributed by atoms with E-state index in [1.807, 2.05) is 6.07 Å². The fraction of sp³-hybridized carbons (Fsp3) is 0.167. The minimum Gasteiger partial charge on any atom is -0.452 e. The van der Waals surface area contributed by atoms with Crippen molar-refractivity contribution in [2.24, 2.45) is 0 Å². The number of nitrogens with zero attached hydrogens (tertiary/aromatic N) is 1. The summed E-state index contributed by atoms with van der Waals surface area (Å²) in [6.07, 6.45) is 0. The van der Waals surface area contributed by atoms with Gasteiger partial charge in [0.05, 0.1) is 12.1 Å². The Hall–Kier alpha value is -3.13. The van der Waals surface area contributed by atoms with Gasteiger partial charge in [-0.05, 0) is 37.1 Å². The maximum absolute atomic E-state index is 12.2. The van der Waals surface area contributed by atoms with Crippen LogP contribution in [0.5, 0.6) is 0 Å². The first-order valence-electron chi connectivity index (χ1n) is 7.02. The first-order valence-corrected chi connectivity index (χ1v) is 7.02. The zero-order valence-electron chi connectivity index (χ0n) is 12.9. The fourth-order valence-corrected chi connectivity index (χ4v) is 2.25. The van der Waals surface area contributed by atoms with Gasteiger partial charge in [-0.15, -0.1) is 0 Å². The molecule has 0 aliphatic rings. The van der Waals surface area contributed by atoms with E-state index in [1.54, 1.807) is 50.2 Å². The molecule has 0 spiro atoms. The van der Waals surface area contributed by atoms with E-state index in [2.05, 4.69) is 10.2 Å². The third-order valence-corrected chi connectivity index (χ3v) is 3.24. The van der Waals surface area contributed by atoms with Gasteiger partial charge in [0.2, 0.25) is 0 Å². The molecule has 0 fully saturated rings. The van der Waals surface area contributed by atoms with Gasteiger partial charge in [0.1, 0.15) is 0 Å². The van der Waals surface area contributed by atoms with Gasteiger partial charge in [0, 0.05) is 5.69 Å². The summed E-state index contributed by atoms with van der Waals surface area (Å²) >= 11 is 0. The Balaban J connectivity index is 2.00. The number of carbonyl (C=O) groups is 2. The highest BCUT2D eigenvalue weighted by Gasteiger charge is 2.16. The van der Waals surface area contributed by atoms with Crippen molar-refractivity contribution in [2.75, 3.05) is 11.9 Å². The Kier molecular flexibility index (Phi) is 5.11. The van der Waals surface area contributed by atoms with Crippen LogP contribution in [0.4, 0.5) is 11.4 Å². The molecule has 2 rings (SSSR count). The van der Waals surface area contributed by atoms with Gasteiger partial charge in [0.25, 0.3) is 5.91 Å². The van der Waals surface area contributed by atoms with Crippen LogP contribution in [-0.4, -0.2) is 18.5 Å². The van der Waals surface area contributed by atoms with Crippen molar-refractivity contribution in [3.63, 3.8) is 0 Å². The molecule has 23 heavy (non-hydrogen) atoms. The van der Waals surface area contributed by atoms with E-state index >= 15 is 0 Å². The summed E-state index contributed by atoms with van der Waals surface area (Å²) in [5.41, 5.74) is 2.82. The van der Waals surface area contributed by atoms with E-state index < -0.39 is 11.9 Å². The lowest BCUT2D eigenvalue weighted by molar-refractivity contribution is -0.119. The second-order valence-electron chi connectivity index (χ2n) is 5.06. The summed E-state index contributed by atoms with van der Waals surface area (Å²) in [4.78, 5) is 27.3. The maximum Gasteiger partial charge on any atom is 0.339 e. The lowest BCUT2D eigenvalue weighted by atomic mass is 10.0. The number of aryl methyl sites for hydroxylation is 2. The number of ether oxygens (including phenoxy) is 1.